The lowest BCUT2D eigenvalue weighted by Gasteiger charge is -2.11. The smallest absolute Gasteiger partial charge is 0.279 e. The second-order valence-corrected chi connectivity index (χ2v) is 10.1. The Bertz CT molecular complexity index is 1050. The number of aromatic nitrogens is 2. The van der Waals surface area contributed by atoms with E-state index in [9.17, 15) is 13.2 Å². The van der Waals surface area contributed by atoms with E-state index in [1.165, 1.54) is 49.3 Å². The van der Waals surface area contributed by atoms with Crippen LogP contribution >= 0.6 is 11.8 Å². The summed E-state index contributed by atoms with van der Waals surface area (Å²) in [6.45, 7) is 1.31. The van der Waals surface area contributed by atoms with Gasteiger partial charge in [0.2, 0.25) is 0 Å². The number of methoxy groups -OCH3 is 1. The lowest BCUT2D eigenvalue weighted by molar-refractivity contribution is -0.110. The number of nitrogens with one attached hydrogen (secondary N) is 1. The standard InChI is InChI=1S/C21H26N4O6S2/c1-29-9-3-11-33(27,28)17-6-4-15(5-7-17)20(25-31-16-8-10-30-14-16)21(26)24-18-12-23-19(32-2)13-22-18/h4-7,12-13,16H,3,8-11,14H2,1-2H3,(H,22,24,26)/b25-20+/t16-/m1/s1. The molecule has 0 spiro atoms. The lowest BCUT2D eigenvalue weighted by atomic mass is 10.1. The molecule has 33 heavy (non-hydrogen) atoms. The minimum absolute atomic E-state index is 0.0130. The SMILES string of the molecule is COCCCS(=O)(=O)c1ccc(/C(=N\O[C@@H]2CCOC2)C(=O)Nc2cnc(SC)cn2)cc1. The molecule has 0 unspecified atom stereocenters. The van der Waals surface area contributed by atoms with Crippen molar-refractivity contribution < 1.29 is 27.5 Å². The fourth-order valence-corrected chi connectivity index (χ4v) is 4.54. The first kappa shape index (κ1) is 25.1. The maximum Gasteiger partial charge on any atom is 0.279 e. The third-order valence-corrected chi connectivity index (χ3v) is 7.17. The van der Waals surface area contributed by atoms with Gasteiger partial charge < -0.3 is 19.6 Å². The van der Waals surface area contributed by atoms with Crippen molar-refractivity contribution in [2.75, 3.05) is 44.3 Å². The first-order valence-corrected chi connectivity index (χ1v) is 13.1. The number of ether oxygens (including phenoxy) is 2. The van der Waals surface area contributed by atoms with Gasteiger partial charge in [-0.3, -0.25) is 4.79 Å². The van der Waals surface area contributed by atoms with Crippen molar-refractivity contribution >= 4 is 39.0 Å². The predicted molar refractivity (Wildman–Crippen MR) is 124 cm³/mol. The Hall–Kier alpha value is -2.54. The number of hydrogen-bond donors (Lipinski definition) is 1. The molecule has 2 aromatic rings. The highest BCUT2D eigenvalue weighted by Crippen LogP contribution is 2.17. The van der Waals surface area contributed by atoms with E-state index in [1.807, 2.05) is 6.26 Å². The topological polar surface area (TPSA) is 129 Å². The Morgan fingerprint density at radius 2 is 2.06 bits per heavy atom. The number of sulfone groups is 1. The highest BCUT2D eigenvalue weighted by molar-refractivity contribution is 7.98. The quantitative estimate of drug-likeness (QED) is 0.216. The molecule has 1 N–H and O–H groups in total. The average Bonchev–Trinajstić information content (AvgIpc) is 3.34. The molecule has 1 atom stereocenters. The number of hydrogen-bond acceptors (Lipinski definition) is 10. The molecule has 1 aliphatic rings. The zero-order valence-electron chi connectivity index (χ0n) is 18.4. The largest absolute Gasteiger partial charge is 0.389 e. The minimum atomic E-state index is -3.46. The fourth-order valence-electron chi connectivity index (χ4n) is 2.94. The van der Waals surface area contributed by atoms with E-state index in [1.54, 1.807) is 6.20 Å². The molecule has 0 saturated carbocycles. The second kappa shape index (κ2) is 12.1. The van der Waals surface area contributed by atoms with Crippen LogP contribution in [-0.4, -0.2) is 75.0 Å². The highest BCUT2D eigenvalue weighted by Gasteiger charge is 2.22. The van der Waals surface area contributed by atoms with Gasteiger partial charge in [-0.05, 0) is 24.8 Å². The van der Waals surface area contributed by atoms with Gasteiger partial charge in [0.25, 0.3) is 5.91 Å². The Morgan fingerprint density at radius 1 is 1.27 bits per heavy atom. The number of amides is 1. The first-order chi connectivity index (χ1) is 15.9. The Kier molecular flexibility index (Phi) is 9.18. The molecule has 1 saturated heterocycles. The van der Waals surface area contributed by atoms with E-state index in [2.05, 4.69) is 20.4 Å². The van der Waals surface area contributed by atoms with Crippen molar-refractivity contribution in [2.24, 2.45) is 5.16 Å². The average molecular weight is 495 g/mol. The molecule has 0 aliphatic carbocycles. The van der Waals surface area contributed by atoms with Gasteiger partial charge >= 0.3 is 0 Å². The van der Waals surface area contributed by atoms with E-state index in [4.69, 9.17) is 14.3 Å². The first-order valence-electron chi connectivity index (χ1n) is 10.2. The molecule has 3 rings (SSSR count). The van der Waals surface area contributed by atoms with Crippen LogP contribution in [-0.2, 0) is 28.9 Å². The third kappa shape index (κ3) is 7.22. The summed E-state index contributed by atoms with van der Waals surface area (Å²) in [4.78, 5) is 27.0. The van der Waals surface area contributed by atoms with Crippen molar-refractivity contribution in [3.63, 3.8) is 0 Å². The van der Waals surface area contributed by atoms with E-state index in [0.717, 1.165) is 0 Å². The van der Waals surface area contributed by atoms with E-state index in [0.29, 0.717) is 43.3 Å². The van der Waals surface area contributed by atoms with Gasteiger partial charge in [-0.2, -0.15) is 0 Å². The van der Waals surface area contributed by atoms with Gasteiger partial charge in [-0.1, -0.05) is 17.3 Å². The van der Waals surface area contributed by atoms with E-state index < -0.39 is 15.7 Å². The number of carbonyl (C=O) groups excluding carboxylic acids is 1. The fraction of sp³-hybridized carbons (Fsp3) is 0.429. The van der Waals surface area contributed by atoms with Crippen LogP contribution in [0.1, 0.15) is 18.4 Å². The maximum atomic E-state index is 13.0. The number of carbonyl (C=O) groups is 1. The Morgan fingerprint density at radius 3 is 2.67 bits per heavy atom. The molecule has 1 fully saturated rings. The normalized spacial score (nSPS) is 16.5. The van der Waals surface area contributed by atoms with Crippen LogP contribution in [0.5, 0.6) is 0 Å². The zero-order chi connectivity index (χ0) is 23.7. The molecular weight excluding hydrogens is 468 g/mol. The molecule has 10 nitrogen and oxygen atoms in total. The molecule has 178 valence electrons. The van der Waals surface area contributed by atoms with E-state index in [-0.39, 0.29) is 28.3 Å². The molecule has 2 heterocycles. The Balaban J connectivity index is 1.80. The van der Waals surface area contributed by atoms with Crippen molar-refractivity contribution in [1.29, 1.82) is 0 Å². The molecule has 1 aliphatic heterocycles. The summed E-state index contributed by atoms with van der Waals surface area (Å²) in [7, 11) is -1.94. The van der Waals surface area contributed by atoms with Crippen LogP contribution in [0.25, 0.3) is 0 Å². The highest BCUT2D eigenvalue weighted by atomic mass is 32.2. The number of nitrogens with zero attached hydrogens (tertiary/aromatic N) is 3. The van der Waals surface area contributed by atoms with Gasteiger partial charge in [0.15, 0.2) is 27.5 Å². The number of rotatable bonds is 11. The van der Waals surface area contributed by atoms with Gasteiger partial charge in [0.1, 0.15) is 5.03 Å². The number of thioether (sulfide) groups is 1. The Labute approximate surface area is 197 Å². The summed E-state index contributed by atoms with van der Waals surface area (Å²) >= 11 is 1.43. The predicted octanol–water partition coefficient (Wildman–Crippen LogP) is 2.16. The summed E-state index contributed by atoms with van der Waals surface area (Å²) in [5.74, 6) is -0.334. The van der Waals surface area contributed by atoms with Crippen LogP contribution < -0.4 is 5.32 Å². The van der Waals surface area contributed by atoms with Crippen molar-refractivity contribution in [1.82, 2.24) is 9.97 Å². The molecule has 0 radical (unpaired) electrons. The van der Waals surface area contributed by atoms with Crippen molar-refractivity contribution in [2.45, 2.75) is 28.9 Å². The van der Waals surface area contributed by atoms with Crippen LogP contribution in [0.2, 0.25) is 0 Å². The van der Waals surface area contributed by atoms with Gasteiger partial charge in [0.05, 0.1) is 36.3 Å². The van der Waals surface area contributed by atoms with Gasteiger partial charge in [-0.25, -0.2) is 18.4 Å². The number of benzene rings is 1. The molecule has 0 bridgehead atoms. The molecule has 12 heteroatoms. The molecule has 1 amide bonds. The molecule has 1 aromatic heterocycles. The summed E-state index contributed by atoms with van der Waals surface area (Å²) in [5.41, 5.74) is 0.386. The van der Waals surface area contributed by atoms with Crippen LogP contribution in [0.15, 0.2) is 51.7 Å². The summed E-state index contributed by atoms with van der Waals surface area (Å²) < 4.78 is 35.2. The summed E-state index contributed by atoms with van der Waals surface area (Å²) in [5, 5.41) is 7.43. The van der Waals surface area contributed by atoms with Crippen LogP contribution in [0, 0.1) is 0 Å². The molecule has 1 aromatic carbocycles. The lowest BCUT2D eigenvalue weighted by Crippen LogP contribution is -2.26. The second-order valence-electron chi connectivity index (χ2n) is 7.12. The van der Waals surface area contributed by atoms with Crippen LogP contribution in [0.4, 0.5) is 5.82 Å². The van der Waals surface area contributed by atoms with Gasteiger partial charge in [-0.15, -0.1) is 11.8 Å². The third-order valence-electron chi connectivity index (χ3n) is 4.72. The van der Waals surface area contributed by atoms with Crippen molar-refractivity contribution in [3.05, 3.63) is 42.2 Å². The molecular formula is C21H26N4O6S2. The number of oxime groups is 1. The monoisotopic (exact) mass is 494 g/mol. The number of anilines is 1. The van der Waals surface area contributed by atoms with Crippen LogP contribution in [0.3, 0.4) is 0 Å². The summed E-state index contributed by atoms with van der Waals surface area (Å²) in [6.07, 6.45) is 5.67. The minimum Gasteiger partial charge on any atom is -0.389 e. The zero-order valence-corrected chi connectivity index (χ0v) is 20.0. The van der Waals surface area contributed by atoms with E-state index >= 15 is 0 Å². The maximum absolute atomic E-state index is 13.0. The summed E-state index contributed by atoms with van der Waals surface area (Å²) in [6, 6.07) is 5.95. The van der Waals surface area contributed by atoms with Crippen molar-refractivity contribution in [3.8, 4) is 0 Å². The van der Waals surface area contributed by atoms with Gasteiger partial charge in [0, 0.05) is 25.7 Å².